The van der Waals surface area contributed by atoms with Crippen LogP contribution in [0.5, 0.6) is 0 Å². The summed E-state index contributed by atoms with van der Waals surface area (Å²) in [4.78, 5) is 49.4. The van der Waals surface area contributed by atoms with Crippen LogP contribution in [0.15, 0.2) is 24.3 Å². The number of nitrogens with zero attached hydrogens (tertiary/aromatic N) is 2. The van der Waals surface area contributed by atoms with Crippen molar-refractivity contribution in [3.63, 3.8) is 0 Å². The van der Waals surface area contributed by atoms with E-state index in [0.29, 0.717) is 18.0 Å². The van der Waals surface area contributed by atoms with Gasteiger partial charge in [-0.05, 0) is 36.5 Å². The van der Waals surface area contributed by atoms with Gasteiger partial charge in [0.1, 0.15) is 6.54 Å². The number of benzene rings is 1. The first-order valence-electron chi connectivity index (χ1n) is 9.42. The van der Waals surface area contributed by atoms with Crippen molar-refractivity contribution < 1.29 is 23.9 Å². The van der Waals surface area contributed by atoms with E-state index < -0.39 is 11.9 Å². The van der Waals surface area contributed by atoms with Gasteiger partial charge >= 0.3 is 12.0 Å². The summed E-state index contributed by atoms with van der Waals surface area (Å²) in [6.45, 7) is 4.10. The molecule has 1 heterocycles. The molecule has 8 heteroatoms. The molecule has 1 N–H and O–H groups in total. The van der Waals surface area contributed by atoms with E-state index in [1.165, 1.54) is 10.5 Å². The largest absolute Gasteiger partial charge is 0.456 e. The molecule has 0 spiro atoms. The minimum atomic E-state index is -0.547. The van der Waals surface area contributed by atoms with Crippen LogP contribution in [0.1, 0.15) is 44.6 Å². The molecular formula is C20H27N3O5. The lowest BCUT2D eigenvalue weighted by atomic mass is 9.99. The summed E-state index contributed by atoms with van der Waals surface area (Å²) in [6, 6.07) is 7.21. The Morgan fingerprint density at radius 3 is 2.46 bits per heavy atom. The van der Waals surface area contributed by atoms with Crippen molar-refractivity contribution in [2.24, 2.45) is 0 Å². The van der Waals surface area contributed by atoms with E-state index in [1.54, 1.807) is 7.05 Å². The second kappa shape index (κ2) is 9.87. The molecule has 0 radical (unpaired) electrons. The van der Waals surface area contributed by atoms with Gasteiger partial charge in [-0.15, -0.1) is 0 Å². The van der Waals surface area contributed by atoms with E-state index in [0.717, 1.165) is 11.3 Å². The maximum absolute atomic E-state index is 11.9. The number of urea groups is 1. The van der Waals surface area contributed by atoms with Crippen LogP contribution in [0.2, 0.25) is 0 Å². The first kappa shape index (κ1) is 21.4. The smallest absolute Gasteiger partial charge is 0.326 e. The number of rotatable bonds is 9. The predicted octanol–water partition coefficient (Wildman–Crippen LogP) is 2.36. The monoisotopic (exact) mass is 389 g/mol. The topological polar surface area (TPSA) is 96.0 Å². The highest BCUT2D eigenvalue weighted by atomic mass is 16.5. The van der Waals surface area contributed by atoms with Crippen molar-refractivity contribution in [3.05, 3.63) is 29.8 Å². The molecule has 8 nitrogen and oxygen atoms in total. The molecule has 1 aromatic rings. The number of carbonyl (C=O) groups is 4. The minimum Gasteiger partial charge on any atom is -0.456 e. The van der Waals surface area contributed by atoms with Gasteiger partial charge in [-0.25, -0.2) is 4.79 Å². The number of esters is 1. The molecule has 152 valence electrons. The molecule has 1 saturated heterocycles. The molecule has 0 bridgehead atoms. The minimum absolute atomic E-state index is 0.0255. The van der Waals surface area contributed by atoms with E-state index >= 15 is 0 Å². The number of imide groups is 1. The fourth-order valence-electron chi connectivity index (χ4n) is 2.82. The third-order valence-corrected chi connectivity index (χ3v) is 4.73. The molecule has 0 saturated carbocycles. The van der Waals surface area contributed by atoms with Gasteiger partial charge in [-0.1, -0.05) is 26.0 Å². The lowest BCUT2D eigenvalue weighted by Crippen LogP contribution is -2.32. The first-order chi connectivity index (χ1) is 13.3. The normalized spacial score (nSPS) is 15.0. The van der Waals surface area contributed by atoms with E-state index in [9.17, 15) is 19.2 Å². The van der Waals surface area contributed by atoms with Crippen LogP contribution in [-0.2, 0) is 19.1 Å². The number of amides is 4. The van der Waals surface area contributed by atoms with Gasteiger partial charge in [0, 0.05) is 25.7 Å². The number of likely N-dealkylation sites (N-methyl/N-ethyl adjacent to an activating group) is 1. The maximum atomic E-state index is 11.9. The van der Waals surface area contributed by atoms with Gasteiger partial charge < -0.3 is 15.0 Å². The molecule has 1 aliphatic heterocycles. The summed E-state index contributed by atoms with van der Waals surface area (Å²) in [5, 5.41) is 2.68. The maximum Gasteiger partial charge on any atom is 0.326 e. The van der Waals surface area contributed by atoms with Gasteiger partial charge in [-0.3, -0.25) is 19.3 Å². The Morgan fingerprint density at radius 2 is 1.89 bits per heavy atom. The summed E-state index contributed by atoms with van der Waals surface area (Å²) in [5.41, 5.74) is 1.84. The van der Waals surface area contributed by atoms with Crippen LogP contribution in [0.25, 0.3) is 0 Å². The Morgan fingerprint density at radius 1 is 1.21 bits per heavy atom. The van der Waals surface area contributed by atoms with E-state index in [4.69, 9.17) is 4.74 Å². The highest BCUT2D eigenvalue weighted by Gasteiger charge is 2.32. The molecule has 1 fully saturated rings. The van der Waals surface area contributed by atoms with Gasteiger partial charge in [0.2, 0.25) is 5.91 Å². The summed E-state index contributed by atoms with van der Waals surface area (Å²) in [7, 11) is 1.55. The number of carbonyl (C=O) groups excluding carboxylic acids is 4. The molecular weight excluding hydrogens is 362 g/mol. The number of anilines is 1. The molecule has 4 amide bonds. The fourth-order valence-corrected chi connectivity index (χ4v) is 2.82. The molecule has 1 atom stereocenters. The summed E-state index contributed by atoms with van der Waals surface area (Å²) < 4.78 is 4.95. The molecule has 0 aliphatic carbocycles. The lowest BCUT2D eigenvalue weighted by molar-refractivity contribution is -0.147. The van der Waals surface area contributed by atoms with Crippen molar-refractivity contribution in [2.45, 2.75) is 39.0 Å². The summed E-state index contributed by atoms with van der Waals surface area (Å²) >= 11 is 0. The Labute approximate surface area is 164 Å². The Bertz CT molecular complexity index is 732. The second-order valence-corrected chi connectivity index (χ2v) is 6.93. The Hall–Kier alpha value is -2.90. The standard InChI is InChI=1S/C20H27N3O5/c1-4-14(2)15-7-9-16(10-8-15)21-17(24)13-28-19(26)6-5-11-23-18(25)12-22(3)20(23)27/h7-10,14H,4-6,11-13H2,1-3H3,(H,21,24)/t14-/m1/s1. The zero-order valence-corrected chi connectivity index (χ0v) is 16.6. The lowest BCUT2D eigenvalue weighted by Gasteiger charge is -2.13. The van der Waals surface area contributed by atoms with Crippen LogP contribution >= 0.6 is 0 Å². The third-order valence-electron chi connectivity index (χ3n) is 4.73. The third kappa shape index (κ3) is 5.80. The SMILES string of the molecule is CC[C@@H](C)c1ccc(NC(=O)COC(=O)CCCN2C(=O)CN(C)C2=O)cc1. The van der Waals surface area contributed by atoms with Crippen molar-refractivity contribution in [3.8, 4) is 0 Å². The zero-order valence-electron chi connectivity index (χ0n) is 16.6. The van der Waals surface area contributed by atoms with Crippen LogP contribution in [0.3, 0.4) is 0 Å². The highest BCUT2D eigenvalue weighted by molar-refractivity contribution is 6.01. The van der Waals surface area contributed by atoms with Gasteiger partial charge in [0.25, 0.3) is 5.91 Å². The number of nitrogens with one attached hydrogen (secondary N) is 1. The van der Waals surface area contributed by atoms with Gasteiger partial charge in [0.15, 0.2) is 6.61 Å². The highest BCUT2D eigenvalue weighted by Crippen LogP contribution is 2.20. The van der Waals surface area contributed by atoms with Crippen molar-refractivity contribution in [1.29, 1.82) is 0 Å². The van der Waals surface area contributed by atoms with E-state index in [-0.39, 0.29) is 38.1 Å². The number of hydrogen-bond acceptors (Lipinski definition) is 5. The quantitative estimate of drug-likeness (QED) is 0.517. The molecule has 1 aliphatic rings. The zero-order chi connectivity index (χ0) is 20.7. The fraction of sp³-hybridized carbons (Fsp3) is 0.500. The molecule has 0 unspecified atom stereocenters. The summed E-state index contributed by atoms with van der Waals surface area (Å²) in [5.74, 6) is -0.789. The Kier molecular flexibility index (Phi) is 7.54. The van der Waals surface area contributed by atoms with Crippen LogP contribution in [0.4, 0.5) is 10.5 Å². The van der Waals surface area contributed by atoms with Crippen molar-refractivity contribution >= 4 is 29.5 Å². The molecule has 2 rings (SSSR count). The average Bonchev–Trinajstić information content (AvgIpc) is 2.92. The van der Waals surface area contributed by atoms with E-state index in [1.807, 2.05) is 24.3 Å². The van der Waals surface area contributed by atoms with Gasteiger partial charge in [0.05, 0.1) is 0 Å². The number of hydrogen-bond donors (Lipinski definition) is 1. The van der Waals surface area contributed by atoms with E-state index in [2.05, 4.69) is 19.2 Å². The van der Waals surface area contributed by atoms with Gasteiger partial charge in [-0.2, -0.15) is 0 Å². The summed E-state index contributed by atoms with van der Waals surface area (Å²) in [6.07, 6.45) is 1.36. The van der Waals surface area contributed by atoms with Crippen LogP contribution in [-0.4, -0.2) is 60.4 Å². The molecule has 1 aromatic carbocycles. The first-order valence-corrected chi connectivity index (χ1v) is 9.42. The van der Waals surface area contributed by atoms with Crippen LogP contribution < -0.4 is 5.32 Å². The second-order valence-electron chi connectivity index (χ2n) is 6.93. The van der Waals surface area contributed by atoms with Crippen LogP contribution in [0, 0.1) is 0 Å². The van der Waals surface area contributed by atoms with Crippen molar-refractivity contribution in [2.75, 3.05) is 32.1 Å². The molecule has 0 aromatic heterocycles. The molecule has 28 heavy (non-hydrogen) atoms. The number of ether oxygens (including phenoxy) is 1. The predicted molar refractivity (Wildman–Crippen MR) is 104 cm³/mol. The average molecular weight is 389 g/mol. The van der Waals surface area contributed by atoms with Crippen molar-refractivity contribution in [1.82, 2.24) is 9.80 Å². The Balaban J connectivity index is 1.67.